The zero-order valence-electron chi connectivity index (χ0n) is 14.9. The smallest absolute Gasteiger partial charge is 0.338 e. The van der Waals surface area contributed by atoms with Crippen molar-refractivity contribution in [3.8, 4) is 11.8 Å². The lowest BCUT2D eigenvalue weighted by Crippen LogP contribution is -2.19. The Labute approximate surface area is 149 Å². The second kappa shape index (κ2) is 6.99. The monoisotopic (exact) mass is 330 g/mol. The van der Waals surface area contributed by atoms with Gasteiger partial charge in [-0.15, -0.1) is 0 Å². The van der Waals surface area contributed by atoms with Gasteiger partial charge < -0.3 is 4.74 Å². The van der Waals surface area contributed by atoms with E-state index in [0.717, 1.165) is 17.5 Å². The number of hydrogen-bond acceptors (Lipinski definition) is 2. The lowest BCUT2D eigenvalue weighted by molar-refractivity contribution is 0.0526. The molecule has 2 aromatic carbocycles. The average molecular weight is 330 g/mol. The van der Waals surface area contributed by atoms with Crippen molar-refractivity contribution in [1.29, 1.82) is 0 Å². The molecule has 0 bridgehead atoms. The van der Waals surface area contributed by atoms with Gasteiger partial charge in [0.2, 0.25) is 0 Å². The molecule has 0 atom stereocenters. The van der Waals surface area contributed by atoms with E-state index in [4.69, 9.17) is 4.74 Å². The lowest BCUT2D eigenvalue weighted by atomic mass is 9.75. The standard InChI is InChI=1S/C23H22O2/c1-4-25-22(24)20-13-9-17(10-14-20)7-8-18-11-12-19-6-5-15-23(2,3)21(19)16-18/h5-6,9-14,16H,4,15H2,1-3H3. The zero-order chi connectivity index (χ0) is 17.9. The first-order valence-electron chi connectivity index (χ1n) is 8.60. The van der Waals surface area contributed by atoms with E-state index in [1.807, 2.05) is 12.1 Å². The van der Waals surface area contributed by atoms with Crippen LogP contribution in [0, 0.1) is 11.8 Å². The third-order valence-corrected chi connectivity index (χ3v) is 4.46. The van der Waals surface area contributed by atoms with Gasteiger partial charge in [0.1, 0.15) is 0 Å². The van der Waals surface area contributed by atoms with Gasteiger partial charge in [-0.2, -0.15) is 0 Å². The Balaban J connectivity index is 1.82. The summed E-state index contributed by atoms with van der Waals surface area (Å²) in [6, 6.07) is 13.6. The van der Waals surface area contributed by atoms with Crippen molar-refractivity contribution in [2.75, 3.05) is 6.61 Å². The normalized spacial score (nSPS) is 14.2. The number of ether oxygens (including phenoxy) is 1. The molecule has 0 fully saturated rings. The number of rotatable bonds is 2. The molecule has 0 unspecified atom stereocenters. The molecular weight excluding hydrogens is 308 g/mol. The minimum atomic E-state index is -0.299. The summed E-state index contributed by atoms with van der Waals surface area (Å²) in [6.45, 7) is 6.71. The summed E-state index contributed by atoms with van der Waals surface area (Å²) in [7, 11) is 0. The summed E-state index contributed by atoms with van der Waals surface area (Å²) >= 11 is 0. The predicted molar refractivity (Wildman–Crippen MR) is 101 cm³/mol. The zero-order valence-corrected chi connectivity index (χ0v) is 14.9. The molecule has 2 aromatic rings. The average Bonchev–Trinajstić information content (AvgIpc) is 2.61. The fraction of sp³-hybridized carbons (Fsp3) is 0.261. The van der Waals surface area contributed by atoms with Gasteiger partial charge in [0.05, 0.1) is 12.2 Å². The maximum absolute atomic E-state index is 11.7. The quantitative estimate of drug-likeness (QED) is 0.575. The molecule has 0 aliphatic heterocycles. The SMILES string of the molecule is CCOC(=O)c1ccc(C#Cc2ccc3c(c2)C(C)(C)CC=C3)cc1. The number of benzene rings is 2. The number of allylic oxidation sites excluding steroid dienone is 1. The molecule has 126 valence electrons. The summed E-state index contributed by atoms with van der Waals surface area (Å²) in [6.07, 6.45) is 5.47. The molecule has 0 amide bonds. The van der Waals surface area contributed by atoms with Crippen LogP contribution in [0.15, 0.2) is 48.5 Å². The van der Waals surface area contributed by atoms with Crippen LogP contribution < -0.4 is 0 Å². The molecule has 25 heavy (non-hydrogen) atoms. The van der Waals surface area contributed by atoms with Crippen LogP contribution in [0.3, 0.4) is 0 Å². The van der Waals surface area contributed by atoms with E-state index in [2.05, 4.69) is 56.0 Å². The van der Waals surface area contributed by atoms with Crippen LogP contribution >= 0.6 is 0 Å². The summed E-state index contributed by atoms with van der Waals surface area (Å²) in [5.41, 5.74) is 5.21. The molecule has 1 aliphatic rings. The molecule has 0 saturated carbocycles. The number of carbonyl (C=O) groups excluding carboxylic acids is 1. The number of fused-ring (bicyclic) bond motifs is 1. The highest BCUT2D eigenvalue weighted by molar-refractivity contribution is 5.89. The summed E-state index contributed by atoms with van der Waals surface area (Å²) < 4.78 is 4.99. The van der Waals surface area contributed by atoms with Crippen LogP contribution in [0.2, 0.25) is 0 Å². The van der Waals surface area contributed by atoms with Crippen LogP contribution in [0.5, 0.6) is 0 Å². The maximum Gasteiger partial charge on any atom is 0.338 e. The molecule has 0 N–H and O–H groups in total. The molecule has 3 rings (SSSR count). The Bertz CT molecular complexity index is 875. The molecule has 0 heterocycles. The first-order chi connectivity index (χ1) is 12.0. The van der Waals surface area contributed by atoms with E-state index >= 15 is 0 Å². The van der Waals surface area contributed by atoms with Crippen molar-refractivity contribution in [2.24, 2.45) is 0 Å². The van der Waals surface area contributed by atoms with Crippen molar-refractivity contribution in [3.63, 3.8) is 0 Å². The minimum absolute atomic E-state index is 0.142. The summed E-state index contributed by atoms with van der Waals surface area (Å²) in [4.78, 5) is 11.7. The Morgan fingerprint density at radius 1 is 1.08 bits per heavy atom. The van der Waals surface area contributed by atoms with E-state index in [1.54, 1.807) is 19.1 Å². The van der Waals surface area contributed by atoms with Gasteiger partial charge in [-0.25, -0.2) is 4.79 Å². The summed E-state index contributed by atoms with van der Waals surface area (Å²) in [5, 5.41) is 0. The van der Waals surface area contributed by atoms with Crippen LogP contribution in [-0.4, -0.2) is 12.6 Å². The molecule has 1 aliphatic carbocycles. The first kappa shape index (κ1) is 17.0. The molecule has 0 spiro atoms. The highest BCUT2D eigenvalue weighted by Gasteiger charge is 2.24. The lowest BCUT2D eigenvalue weighted by Gasteiger charge is -2.29. The highest BCUT2D eigenvalue weighted by Crippen LogP contribution is 2.35. The van der Waals surface area contributed by atoms with Crippen molar-refractivity contribution in [2.45, 2.75) is 32.6 Å². The van der Waals surface area contributed by atoms with Gasteiger partial charge in [-0.1, -0.05) is 43.9 Å². The Morgan fingerprint density at radius 2 is 1.76 bits per heavy atom. The molecule has 0 radical (unpaired) electrons. The predicted octanol–water partition coefficient (Wildman–Crippen LogP) is 4.96. The van der Waals surface area contributed by atoms with Crippen molar-refractivity contribution < 1.29 is 9.53 Å². The van der Waals surface area contributed by atoms with Gasteiger partial charge in [-0.05, 0) is 66.3 Å². The largest absolute Gasteiger partial charge is 0.462 e. The Morgan fingerprint density at radius 3 is 2.48 bits per heavy atom. The first-order valence-corrected chi connectivity index (χ1v) is 8.60. The van der Waals surface area contributed by atoms with E-state index in [-0.39, 0.29) is 11.4 Å². The Kier molecular flexibility index (Phi) is 4.76. The molecule has 0 aromatic heterocycles. The molecular formula is C23H22O2. The van der Waals surface area contributed by atoms with E-state index in [9.17, 15) is 4.79 Å². The number of carbonyl (C=O) groups is 1. The third kappa shape index (κ3) is 3.83. The highest BCUT2D eigenvalue weighted by atomic mass is 16.5. The Hall–Kier alpha value is -2.79. The van der Waals surface area contributed by atoms with Crippen LogP contribution in [0.25, 0.3) is 6.08 Å². The summed E-state index contributed by atoms with van der Waals surface area (Å²) in [5.74, 6) is 6.11. The van der Waals surface area contributed by atoms with Crippen molar-refractivity contribution in [1.82, 2.24) is 0 Å². The topological polar surface area (TPSA) is 26.3 Å². The number of esters is 1. The second-order valence-electron chi connectivity index (χ2n) is 6.84. The van der Waals surface area contributed by atoms with E-state index in [0.29, 0.717) is 12.2 Å². The minimum Gasteiger partial charge on any atom is -0.462 e. The van der Waals surface area contributed by atoms with Crippen LogP contribution in [-0.2, 0) is 10.2 Å². The fourth-order valence-corrected chi connectivity index (χ4v) is 3.00. The molecule has 2 nitrogen and oxygen atoms in total. The second-order valence-corrected chi connectivity index (χ2v) is 6.84. The third-order valence-electron chi connectivity index (χ3n) is 4.46. The van der Waals surface area contributed by atoms with E-state index < -0.39 is 0 Å². The maximum atomic E-state index is 11.7. The van der Waals surface area contributed by atoms with Crippen molar-refractivity contribution in [3.05, 3.63) is 76.4 Å². The van der Waals surface area contributed by atoms with Crippen molar-refractivity contribution >= 4 is 12.0 Å². The van der Waals surface area contributed by atoms with Crippen LogP contribution in [0.4, 0.5) is 0 Å². The van der Waals surface area contributed by atoms with Gasteiger partial charge in [0, 0.05) is 11.1 Å². The van der Waals surface area contributed by atoms with Gasteiger partial charge in [0.25, 0.3) is 0 Å². The number of hydrogen-bond donors (Lipinski definition) is 0. The van der Waals surface area contributed by atoms with Gasteiger partial charge in [-0.3, -0.25) is 0 Å². The van der Waals surface area contributed by atoms with Gasteiger partial charge in [0.15, 0.2) is 0 Å². The van der Waals surface area contributed by atoms with E-state index in [1.165, 1.54) is 11.1 Å². The van der Waals surface area contributed by atoms with Gasteiger partial charge >= 0.3 is 5.97 Å². The molecule has 0 saturated heterocycles. The fourth-order valence-electron chi connectivity index (χ4n) is 3.00. The molecule has 2 heteroatoms. The van der Waals surface area contributed by atoms with Crippen LogP contribution in [0.1, 0.15) is 59.8 Å².